The molecule has 2 aromatic carbocycles. The van der Waals surface area contributed by atoms with Crippen molar-refractivity contribution in [1.82, 2.24) is 0 Å². The van der Waals surface area contributed by atoms with Crippen LogP contribution in [0.1, 0.15) is 24.0 Å². The van der Waals surface area contributed by atoms with Crippen LogP contribution in [0.3, 0.4) is 0 Å². The second kappa shape index (κ2) is 8.66. The first-order valence-electron chi connectivity index (χ1n) is 8.81. The number of fused-ring (bicyclic) bond motifs is 1. The number of hydrogen-bond acceptors (Lipinski definition) is 4. The summed E-state index contributed by atoms with van der Waals surface area (Å²) >= 11 is 0. The van der Waals surface area contributed by atoms with Gasteiger partial charge in [-0.15, -0.1) is 0 Å². The van der Waals surface area contributed by atoms with Gasteiger partial charge in [0.15, 0.2) is 0 Å². The zero-order valence-electron chi connectivity index (χ0n) is 14.8. The standard InChI is InChI=1S/C22H22O5/c23-17(12-18(24)13-21(25)26)11-10-16-14-27-20-9-5-4-8-19(20)22(16)15-6-2-1-3-7-15/h1-11,17-18,23-24H,12-14H2,(H,25,26)/b11-10+. The Kier molecular flexibility index (Phi) is 6.06. The van der Waals surface area contributed by atoms with Crippen molar-refractivity contribution < 1.29 is 24.9 Å². The largest absolute Gasteiger partial charge is 0.488 e. The minimum atomic E-state index is -1.09. The Hall–Kier alpha value is -2.89. The van der Waals surface area contributed by atoms with Crippen LogP contribution in [0.4, 0.5) is 0 Å². The van der Waals surface area contributed by atoms with Gasteiger partial charge in [0, 0.05) is 12.0 Å². The summed E-state index contributed by atoms with van der Waals surface area (Å²) in [6, 6.07) is 17.8. The van der Waals surface area contributed by atoms with E-state index >= 15 is 0 Å². The number of hydrogen-bond donors (Lipinski definition) is 3. The molecule has 140 valence electrons. The van der Waals surface area contributed by atoms with Crippen LogP contribution in [0.2, 0.25) is 0 Å². The Morgan fingerprint density at radius 1 is 1.07 bits per heavy atom. The number of carbonyl (C=O) groups is 1. The summed E-state index contributed by atoms with van der Waals surface area (Å²) in [6.07, 6.45) is 0.902. The van der Waals surface area contributed by atoms with Gasteiger partial charge in [-0.3, -0.25) is 4.79 Å². The average molecular weight is 366 g/mol. The van der Waals surface area contributed by atoms with Gasteiger partial charge >= 0.3 is 5.97 Å². The van der Waals surface area contributed by atoms with Crippen LogP contribution in [-0.2, 0) is 4.79 Å². The summed E-state index contributed by atoms with van der Waals surface area (Å²) in [4.78, 5) is 10.6. The highest BCUT2D eigenvalue weighted by atomic mass is 16.5. The lowest BCUT2D eigenvalue weighted by molar-refractivity contribution is -0.139. The van der Waals surface area contributed by atoms with Gasteiger partial charge in [-0.25, -0.2) is 0 Å². The minimum Gasteiger partial charge on any atom is -0.488 e. The molecule has 3 N–H and O–H groups in total. The Morgan fingerprint density at radius 3 is 2.52 bits per heavy atom. The van der Waals surface area contributed by atoms with Crippen LogP contribution >= 0.6 is 0 Å². The van der Waals surface area contributed by atoms with Crippen molar-refractivity contribution in [3.63, 3.8) is 0 Å². The smallest absolute Gasteiger partial charge is 0.305 e. The van der Waals surface area contributed by atoms with E-state index in [1.54, 1.807) is 12.2 Å². The highest BCUT2D eigenvalue weighted by Crippen LogP contribution is 2.37. The number of carboxylic acids is 1. The van der Waals surface area contributed by atoms with E-state index in [9.17, 15) is 15.0 Å². The summed E-state index contributed by atoms with van der Waals surface area (Å²) < 4.78 is 5.84. The maximum Gasteiger partial charge on any atom is 0.305 e. The maximum atomic E-state index is 10.6. The quantitative estimate of drug-likeness (QED) is 0.701. The van der Waals surface area contributed by atoms with Crippen molar-refractivity contribution in [2.45, 2.75) is 25.0 Å². The van der Waals surface area contributed by atoms with E-state index in [-0.39, 0.29) is 12.8 Å². The summed E-state index contributed by atoms with van der Waals surface area (Å²) in [5.74, 6) is -0.282. The zero-order chi connectivity index (χ0) is 19.2. The Labute approximate surface area is 157 Å². The summed E-state index contributed by atoms with van der Waals surface area (Å²) in [5.41, 5.74) is 3.97. The van der Waals surface area contributed by atoms with Crippen LogP contribution in [0.25, 0.3) is 5.57 Å². The zero-order valence-corrected chi connectivity index (χ0v) is 14.8. The Bertz CT molecular complexity index is 854. The lowest BCUT2D eigenvalue weighted by Crippen LogP contribution is -2.19. The Balaban J connectivity index is 1.89. The second-order valence-corrected chi connectivity index (χ2v) is 6.46. The molecule has 2 unspecified atom stereocenters. The molecule has 0 aliphatic carbocycles. The molecule has 27 heavy (non-hydrogen) atoms. The predicted molar refractivity (Wildman–Crippen MR) is 102 cm³/mol. The third kappa shape index (κ3) is 4.84. The van der Waals surface area contributed by atoms with Crippen LogP contribution < -0.4 is 4.74 Å². The molecule has 3 rings (SSSR count). The molecular formula is C22H22O5. The number of aliphatic carboxylic acids is 1. The highest BCUT2D eigenvalue weighted by Gasteiger charge is 2.20. The van der Waals surface area contributed by atoms with Gasteiger partial charge in [0.05, 0.1) is 18.6 Å². The average Bonchev–Trinajstić information content (AvgIpc) is 2.65. The molecule has 0 saturated carbocycles. The molecule has 0 spiro atoms. The monoisotopic (exact) mass is 366 g/mol. The maximum absolute atomic E-state index is 10.6. The molecule has 1 aliphatic rings. The molecule has 0 radical (unpaired) electrons. The minimum absolute atomic E-state index is 0.0335. The summed E-state index contributed by atoms with van der Waals surface area (Å²) in [5, 5.41) is 28.5. The SMILES string of the molecule is O=C(O)CC(O)CC(O)/C=C/C1=C(c2ccccc2)c2ccccc2OC1. The van der Waals surface area contributed by atoms with Crippen LogP contribution in [-0.4, -0.2) is 40.1 Å². The highest BCUT2D eigenvalue weighted by molar-refractivity contribution is 5.87. The van der Waals surface area contributed by atoms with Crippen LogP contribution in [0.15, 0.2) is 72.3 Å². The molecule has 0 bridgehead atoms. The number of para-hydroxylation sites is 1. The number of rotatable bonds is 7. The number of benzene rings is 2. The summed E-state index contributed by atoms with van der Waals surface area (Å²) in [6.45, 7) is 0.363. The van der Waals surface area contributed by atoms with Gasteiger partial charge in [-0.2, -0.15) is 0 Å². The molecular weight excluding hydrogens is 344 g/mol. The number of carboxylic acid groups (broad SMARTS) is 1. The fourth-order valence-electron chi connectivity index (χ4n) is 3.15. The van der Waals surface area contributed by atoms with E-state index in [1.807, 2.05) is 54.6 Å². The van der Waals surface area contributed by atoms with E-state index in [1.165, 1.54) is 0 Å². The first-order chi connectivity index (χ1) is 13.0. The van der Waals surface area contributed by atoms with Crippen molar-refractivity contribution in [2.75, 3.05) is 6.61 Å². The fraction of sp³-hybridized carbons (Fsp3) is 0.227. The molecule has 0 aromatic heterocycles. The fourth-order valence-corrected chi connectivity index (χ4v) is 3.15. The van der Waals surface area contributed by atoms with Crippen molar-refractivity contribution in [3.8, 4) is 5.75 Å². The van der Waals surface area contributed by atoms with E-state index in [0.717, 1.165) is 28.0 Å². The Morgan fingerprint density at radius 2 is 1.78 bits per heavy atom. The topological polar surface area (TPSA) is 87.0 Å². The van der Waals surface area contributed by atoms with Gasteiger partial charge in [-0.05, 0) is 22.8 Å². The first-order valence-corrected chi connectivity index (χ1v) is 8.81. The van der Waals surface area contributed by atoms with E-state index < -0.39 is 18.2 Å². The molecule has 0 saturated heterocycles. The van der Waals surface area contributed by atoms with Gasteiger partial charge < -0.3 is 20.1 Å². The van der Waals surface area contributed by atoms with Crippen LogP contribution in [0.5, 0.6) is 5.75 Å². The molecule has 0 fully saturated rings. The van der Waals surface area contributed by atoms with Gasteiger partial charge in [0.25, 0.3) is 0 Å². The molecule has 0 amide bonds. The van der Waals surface area contributed by atoms with Crippen LogP contribution in [0, 0.1) is 0 Å². The number of aliphatic hydroxyl groups excluding tert-OH is 2. The number of ether oxygens (including phenoxy) is 1. The van der Waals surface area contributed by atoms with Crippen molar-refractivity contribution in [2.24, 2.45) is 0 Å². The normalized spacial score (nSPS) is 15.9. The van der Waals surface area contributed by atoms with Gasteiger partial charge in [0.1, 0.15) is 12.4 Å². The first kappa shape index (κ1) is 18.9. The third-order valence-corrected chi connectivity index (χ3v) is 4.37. The van der Waals surface area contributed by atoms with E-state index in [4.69, 9.17) is 9.84 Å². The predicted octanol–water partition coefficient (Wildman–Crippen LogP) is 3.02. The lowest BCUT2D eigenvalue weighted by Gasteiger charge is -2.23. The van der Waals surface area contributed by atoms with E-state index in [0.29, 0.717) is 6.61 Å². The lowest BCUT2D eigenvalue weighted by atomic mass is 9.90. The van der Waals surface area contributed by atoms with Crippen molar-refractivity contribution in [1.29, 1.82) is 0 Å². The molecule has 5 heteroatoms. The van der Waals surface area contributed by atoms with E-state index in [2.05, 4.69) is 0 Å². The summed E-state index contributed by atoms with van der Waals surface area (Å²) in [7, 11) is 0. The molecule has 1 aliphatic heterocycles. The van der Waals surface area contributed by atoms with Crippen molar-refractivity contribution >= 4 is 11.5 Å². The van der Waals surface area contributed by atoms with Gasteiger partial charge in [0.2, 0.25) is 0 Å². The molecule has 1 heterocycles. The molecule has 2 aromatic rings. The molecule has 5 nitrogen and oxygen atoms in total. The van der Waals surface area contributed by atoms with Gasteiger partial charge in [-0.1, -0.05) is 60.7 Å². The second-order valence-electron chi connectivity index (χ2n) is 6.46. The third-order valence-electron chi connectivity index (χ3n) is 4.37. The molecule has 2 atom stereocenters. The number of aliphatic hydroxyl groups is 2. The van der Waals surface area contributed by atoms with Crippen molar-refractivity contribution in [3.05, 3.63) is 83.4 Å².